The molecule has 1 aliphatic heterocycles. The number of Topliss-reactive ketones (excluding diaryl/α,β-unsaturated/α-hetero) is 1. The van der Waals surface area contributed by atoms with Gasteiger partial charge in [-0.1, -0.05) is 36.4 Å². The van der Waals surface area contributed by atoms with Crippen LogP contribution in [0.1, 0.15) is 23.9 Å². The van der Waals surface area contributed by atoms with Crippen LogP contribution in [0.2, 0.25) is 0 Å². The fourth-order valence-corrected chi connectivity index (χ4v) is 4.71. The quantitative estimate of drug-likeness (QED) is 0.307. The van der Waals surface area contributed by atoms with Gasteiger partial charge in [-0.05, 0) is 60.5 Å². The third-order valence-electron chi connectivity index (χ3n) is 6.88. The van der Waals surface area contributed by atoms with Gasteiger partial charge in [0.1, 0.15) is 23.2 Å². The van der Waals surface area contributed by atoms with Crippen molar-refractivity contribution in [2.45, 2.75) is 19.8 Å². The minimum atomic E-state index is -0.338. The van der Waals surface area contributed by atoms with Crippen LogP contribution in [0.5, 0.6) is 5.75 Å². The largest absolute Gasteiger partial charge is 0.484 e. The molecule has 0 radical (unpaired) electrons. The summed E-state index contributed by atoms with van der Waals surface area (Å²) in [6.45, 7) is 4.23. The zero-order chi connectivity index (χ0) is 27.9. The highest BCUT2D eigenvalue weighted by atomic mass is 19.1. The number of piperazine rings is 1. The lowest BCUT2D eigenvalue weighted by molar-refractivity contribution is -0.133. The van der Waals surface area contributed by atoms with E-state index in [2.05, 4.69) is 34.1 Å². The topological polar surface area (TPSA) is 75.6 Å². The molecule has 0 atom stereocenters. The van der Waals surface area contributed by atoms with Gasteiger partial charge in [0.25, 0.3) is 5.91 Å². The Morgan fingerprint density at radius 2 is 1.52 bits per heavy atom. The number of carbonyl (C=O) groups excluding carboxylic acids is 2. The molecule has 8 heteroatoms. The maximum Gasteiger partial charge on any atom is 0.260 e. The monoisotopic (exact) mass is 538 g/mol. The Balaban J connectivity index is 1.12. The molecule has 0 saturated carbocycles. The van der Waals surface area contributed by atoms with Gasteiger partial charge in [0.15, 0.2) is 6.61 Å². The molecule has 5 rings (SSSR count). The highest BCUT2D eigenvalue weighted by Gasteiger charge is 2.21. The number of hydrogen-bond acceptors (Lipinski definition) is 6. The third kappa shape index (κ3) is 7.08. The number of aromatic nitrogens is 2. The highest BCUT2D eigenvalue weighted by molar-refractivity contribution is 5.78. The maximum atomic E-state index is 13.0. The molecular weight excluding hydrogens is 507 g/mol. The molecule has 0 spiro atoms. The van der Waals surface area contributed by atoms with Gasteiger partial charge >= 0.3 is 0 Å². The van der Waals surface area contributed by atoms with Gasteiger partial charge < -0.3 is 14.5 Å². The van der Waals surface area contributed by atoms with E-state index in [9.17, 15) is 14.0 Å². The molecule has 0 N–H and O–H groups in total. The van der Waals surface area contributed by atoms with Crippen LogP contribution in [-0.2, 0) is 22.4 Å². The normalized spacial score (nSPS) is 13.2. The number of carbonyl (C=O) groups is 2. The van der Waals surface area contributed by atoms with Gasteiger partial charge in [0.2, 0.25) is 0 Å². The summed E-state index contributed by atoms with van der Waals surface area (Å²) in [7, 11) is 0. The van der Waals surface area contributed by atoms with Crippen molar-refractivity contribution in [3.05, 3.63) is 108 Å². The molecule has 2 heterocycles. The van der Waals surface area contributed by atoms with Crippen molar-refractivity contribution in [2.75, 3.05) is 37.7 Å². The van der Waals surface area contributed by atoms with E-state index in [4.69, 9.17) is 9.72 Å². The smallest absolute Gasteiger partial charge is 0.260 e. The second-order valence-corrected chi connectivity index (χ2v) is 9.89. The molecule has 1 saturated heterocycles. The molecule has 1 fully saturated rings. The van der Waals surface area contributed by atoms with Crippen LogP contribution < -0.4 is 9.64 Å². The summed E-state index contributed by atoms with van der Waals surface area (Å²) < 4.78 is 18.5. The Bertz CT molecular complexity index is 1450. The zero-order valence-corrected chi connectivity index (χ0v) is 22.4. The lowest BCUT2D eigenvalue weighted by atomic mass is 10.1. The number of benzene rings is 3. The average molecular weight is 539 g/mol. The molecule has 3 aromatic carbocycles. The van der Waals surface area contributed by atoms with Crippen molar-refractivity contribution < 1.29 is 18.7 Å². The van der Waals surface area contributed by atoms with E-state index in [-0.39, 0.29) is 24.1 Å². The summed E-state index contributed by atoms with van der Waals surface area (Å²) in [6, 6.07) is 23.9. The summed E-state index contributed by atoms with van der Waals surface area (Å²) in [4.78, 5) is 37.2. The summed E-state index contributed by atoms with van der Waals surface area (Å²) in [5.74, 6) is 0.952. The lowest BCUT2D eigenvalue weighted by Crippen LogP contribution is -2.50. The van der Waals surface area contributed by atoms with Crippen LogP contribution >= 0.6 is 0 Å². The summed E-state index contributed by atoms with van der Waals surface area (Å²) in [5, 5.41) is 0. The van der Waals surface area contributed by atoms with E-state index >= 15 is 0 Å². The van der Waals surface area contributed by atoms with Crippen LogP contribution in [0.25, 0.3) is 11.3 Å². The Morgan fingerprint density at radius 1 is 0.850 bits per heavy atom. The van der Waals surface area contributed by atoms with Crippen molar-refractivity contribution in [3.8, 4) is 17.0 Å². The van der Waals surface area contributed by atoms with E-state index in [1.165, 1.54) is 24.3 Å². The summed E-state index contributed by atoms with van der Waals surface area (Å²) >= 11 is 0. The molecular formula is C32H31FN4O3. The van der Waals surface area contributed by atoms with Crippen molar-refractivity contribution in [2.24, 2.45) is 0 Å². The maximum absolute atomic E-state index is 13.0. The number of amides is 1. The average Bonchev–Trinajstić information content (AvgIpc) is 2.97. The van der Waals surface area contributed by atoms with Crippen LogP contribution in [0.4, 0.5) is 10.1 Å². The molecule has 4 aromatic rings. The van der Waals surface area contributed by atoms with E-state index in [0.29, 0.717) is 31.7 Å². The van der Waals surface area contributed by atoms with Crippen molar-refractivity contribution in [1.29, 1.82) is 0 Å². The van der Waals surface area contributed by atoms with Gasteiger partial charge in [-0.15, -0.1) is 0 Å². The molecule has 1 aromatic heterocycles. The highest BCUT2D eigenvalue weighted by Crippen LogP contribution is 2.21. The van der Waals surface area contributed by atoms with E-state index < -0.39 is 0 Å². The standard InChI is InChI=1S/C32H31FN4O3/c1-23(38)20-24-2-6-26(7-3-24)30-14-15-34-31(35-30)21-25-4-10-28(11-5-25)36-16-18-37(19-17-36)32(39)22-40-29-12-8-27(33)9-13-29/h2-15H,16-22H2,1H3. The third-order valence-corrected chi connectivity index (χ3v) is 6.88. The fraction of sp³-hybridized carbons (Fsp3) is 0.250. The van der Waals surface area contributed by atoms with Crippen LogP contribution in [0.15, 0.2) is 85.1 Å². The Kier molecular flexibility index (Phi) is 8.44. The lowest BCUT2D eigenvalue weighted by Gasteiger charge is -2.36. The first-order valence-electron chi connectivity index (χ1n) is 13.3. The first kappa shape index (κ1) is 27.0. The summed E-state index contributed by atoms with van der Waals surface area (Å²) in [6.07, 6.45) is 2.83. The molecule has 40 heavy (non-hydrogen) atoms. The first-order valence-corrected chi connectivity index (χ1v) is 13.3. The summed E-state index contributed by atoms with van der Waals surface area (Å²) in [5.41, 5.74) is 5.06. The number of halogens is 1. The van der Waals surface area contributed by atoms with Crippen LogP contribution in [0, 0.1) is 5.82 Å². The van der Waals surface area contributed by atoms with Gasteiger partial charge in [0.05, 0.1) is 5.69 Å². The van der Waals surface area contributed by atoms with Crippen molar-refractivity contribution >= 4 is 17.4 Å². The zero-order valence-electron chi connectivity index (χ0n) is 22.4. The van der Waals surface area contributed by atoms with E-state index in [1.807, 2.05) is 30.3 Å². The van der Waals surface area contributed by atoms with Gasteiger partial charge in [-0.2, -0.15) is 0 Å². The van der Waals surface area contributed by atoms with Crippen molar-refractivity contribution in [1.82, 2.24) is 14.9 Å². The van der Waals surface area contributed by atoms with Gasteiger partial charge in [0, 0.05) is 56.5 Å². The predicted molar refractivity (Wildman–Crippen MR) is 152 cm³/mol. The molecule has 0 aliphatic carbocycles. The number of nitrogens with zero attached hydrogens (tertiary/aromatic N) is 4. The number of rotatable bonds is 9. The molecule has 1 aliphatic rings. The van der Waals surface area contributed by atoms with E-state index in [1.54, 1.807) is 18.0 Å². The molecule has 7 nitrogen and oxygen atoms in total. The minimum absolute atomic E-state index is 0.0607. The molecule has 0 bridgehead atoms. The Hall–Kier alpha value is -4.59. The molecule has 0 unspecified atom stereocenters. The van der Waals surface area contributed by atoms with E-state index in [0.717, 1.165) is 47.0 Å². The second-order valence-electron chi connectivity index (χ2n) is 9.89. The fourth-order valence-electron chi connectivity index (χ4n) is 4.71. The number of hydrogen-bond donors (Lipinski definition) is 0. The second kappa shape index (κ2) is 12.5. The number of ether oxygens (including phenoxy) is 1. The van der Waals surface area contributed by atoms with Gasteiger partial charge in [-0.25, -0.2) is 14.4 Å². The number of anilines is 1. The van der Waals surface area contributed by atoms with Crippen LogP contribution in [-0.4, -0.2) is 59.3 Å². The van der Waals surface area contributed by atoms with Crippen molar-refractivity contribution in [3.63, 3.8) is 0 Å². The molecule has 1 amide bonds. The Morgan fingerprint density at radius 3 is 2.20 bits per heavy atom. The van der Waals surface area contributed by atoms with Crippen LogP contribution in [0.3, 0.4) is 0 Å². The number of ketones is 1. The SMILES string of the molecule is CC(=O)Cc1ccc(-c2ccnc(Cc3ccc(N4CCN(C(=O)COc5ccc(F)cc5)CC4)cc3)n2)cc1. The predicted octanol–water partition coefficient (Wildman–Crippen LogP) is 4.73. The Labute approximate surface area is 233 Å². The first-order chi connectivity index (χ1) is 19.4. The molecule has 204 valence electrons. The van der Waals surface area contributed by atoms with Gasteiger partial charge in [-0.3, -0.25) is 9.59 Å². The minimum Gasteiger partial charge on any atom is -0.484 e.